The van der Waals surface area contributed by atoms with Gasteiger partial charge in [0, 0.05) is 23.3 Å². The molecule has 0 fully saturated rings. The molecule has 7 nitrogen and oxygen atoms in total. The van der Waals surface area contributed by atoms with Crippen LogP contribution in [0.15, 0.2) is 41.5 Å². The van der Waals surface area contributed by atoms with Crippen LogP contribution in [-0.4, -0.2) is 22.2 Å². The quantitative estimate of drug-likeness (QED) is 0.499. The van der Waals surface area contributed by atoms with Gasteiger partial charge in [-0.3, -0.25) is 14.9 Å². The zero-order valence-electron chi connectivity index (χ0n) is 11.4. The maximum Gasteiger partial charge on any atom is 0.271 e. The van der Waals surface area contributed by atoms with Crippen molar-refractivity contribution in [2.24, 2.45) is 5.10 Å². The van der Waals surface area contributed by atoms with Crippen LogP contribution in [0, 0.1) is 10.1 Å². The first-order valence-electron chi connectivity index (χ1n) is 6.14. The second kappa shape index (κ2) is 7.08. The van der Waals surface area contributed by atoms with E-state index in [1.807, 2.05) is 0 Å². The van der Waals surface area contributed by atoms with Gasteiger partial charge in [0.05, 0.1) is 21.2 Å². The minimum absolute atomic E-state index is 0.0913. The molecule has 23 heavy (non-hydrogen) atoms. The molecule has 0 saturated heterocycles. The Morgan fingerprint density at radius 2 is 1.96 bits per heavy atom. The van der Waals surface area contributed by atoms with Crippen molar-refractivity contribution in [1.82, 2.24) is 5.43 Å². The topological polar surface area (TPSA) is 105 Å². The van der Waals surface area contributed by atoms with Crippen molar-refractivity contribution in [2.45, 2.75) is 0 Å². The van der Waals surface area contributed by atoms with Gasteiger partial charge in [-0.15, -0.1) is 0 Å². The number of non-ortho nitro benzene ring substituents is 1. The molecule has 9 heteroatoms. The van der Waals surface area contributed by atoms with Crippen molar-refractivity contribution in [1.29, 1.82) is 0 Å². The minimum Gasteiger partial charge on any atom is -0.507 e. The number of amides is 1. The summed E-state index contributed by atoms with van der Waals surface area (Å²) in [6.07, 6.45) is 1.09. The second-order valence-corrected chi connectivity index (χ2v) is 5.14. The van der Waals surface area contributed by atoms with Crippen LogP contribution in [-0.2, 0) is 0 Å². The van der Waals surface area contributed by atoms with Crippen LogP contribution in [0.5, 0.6) is 5.75 Å². The van der Waals surface area contributed by atoms with Gasteiger partial charge < -0.3 is 5.11 Å². The number of nitrogens with zero attached hydrogens (tertiary/aromatic N) is 2. The Hall–Kier alpha value is -2.64. The van der Waals surface area contributed by atoms with Crippen LogP contribution >= 0.6 is 23.2 Å². The molecule has 0 atom stereocenters. The van der Waals surface area contributed by atoms with Crippen molar-refractivity contribution in [2.75, 3.05) is 0 Å². The summed E-state index contributed by atoms with van der Waals surface area (Å²) in [7, 11) is 0. The normalized spacial score (nSPS) is 10.7. The third kappa shape index (κ3) is 4.18. The predicted octanol–water partition coefficient (Wildman–Crippen LogP) is 3.37. The first-order chi connectivity index (χ1) is 10.9. The average Bonchev–Trinajstić information content (AvgIpc) is 2.51. The third-order valence-electron chi connectivity index (χ3n) is 2.77. The molecule has 0 aromatic heterocycles. The fourth-order valence-corrected chi connectivity index (χ4v) is 1.92. The number of hydrogen-bond acceptors (Lipinski definition) is 5. The van der Waals surface area contributed by atoms with E-state index in [2.05, 4.69) is 10.5 Å². The molecule has 1 amide bonds. The summed E-state index contributed by atoms with van der Waals surface area (Å²) >= 11 is 11.6. The summed E-state index contributed by atoms with van der Waals surface area (Å²) in [5.41, 5.74) is 2.34. The molecule has 0 aliphatic rings. The number of nitro benzene ring substituents is 1. The monoisotopic (exact) mass is 353 g/mol. The van der Waals surface area contributed by atoms with E-state index in [1.165, 1.54) is 24.3 Å². The van der Waals surface area contributed by atoms with Crippen molar-refractivity contribution < 1.29 is 14.8 Å². The number of carbonyl (C=O) groups excluding carboxylic acids is 1. The molecule has 2 N–H and O–H groups in total. The second-order valence-electron chi connectivity index (χ2n) is 4.33. The summed E-state index contributed by atoms with van der Waals surface area (Å²) in [6, 6.07) is 7.75. The lowest BCUT2D eigenvalue weighted by atomic mass is 10.2. The van der Waals surface area contributed by atoms with Gasteiger partial charge in [-0.1, -0.05) is 23.2 Å². The van der Waals surface area contributed by atoms with Gasteiger partial charge in [0.1, 0.15) is 5.75 Å². The smallest absolute Gasteiger partial charge is 0.271 e. The molecule has 0 bridgehead atoms. The summed E-state index contributed by atoms with van der Waals surface area (Å²) in [4.78, 5) is 21.9. The van der Waals surface area contributed by atoms with Gasteiger partial charge in [-0.25, -0.2) is 5.43 Å². The Bertz CT molecular complexity index is 809. The maximum absolute atomic E-state index is 11.9. The third-order valence-corrected chi connectivity index (χ3v) is 3.51. The number of halogens is 2. The zero-order valence-corrected chi connectivity index (χ0v) is 12.9. The zero-order chi connectivity index (χ0) is 17.0. The highest BCUT2D eigenvalue weighted by molar-refractivity contribution is 6.42. The number of hydrogen-bond donors (Lipinski definition) is 2. The van der Waals surface area contributed by atoms with E-state index in [0.29, 0.717) is 5.02 Å². The number of rotatable bonds is 4. The molecule has 0 spiro atoms. The number of nitro groups is 1. The van der Waals surface area contributed by atoms with Crippen LogP contribution in [0.25, 0.3) is 0 Å². The van der Waals surface area contributed by atoms with Gasteiger partial charge in [0.2, 0.25) is 0 Å². The van der Waals surface area contributed by atoms with Crippen LogP contribution in [0.3, 0.4) is 0 Å². The number of hydrazone groups is 1. The molecule has 0 aliphatic carbocycles. The first kappa shape index (κ1) is 16.7. The predicted molar refractivity (Wildman–Crippen MR) is 86.3 cm³/mol. The Balaban J connectivity index is 2.12. The summed E-state index contributed by atoms with van der Waals surface area (Å²) < 4.78 is 0. The van der Waals surface area contributed by atoms with Gasteiger partial charge in [0.25, 0.3) is 11.6 Å². The standard InChI is InChI=1S/C14H9Cl2N3O4/c15-11-3-1-8(6-12(11)16)14(21)18-17-7-9-5-10(19(22)23)2-4-13(9)20/h1-7,20H,(H,18,21)/b17-7-. The SMILES string of the molecule is O=C(N/N=C\c1cc([N+](=O)[O-])ccc1O)c1ccc(Cl)c(Cl)c1. The van der Waals surface area contributed by atoms with Crippen LogP contribution in [0.1, 0.15) is 15.9 Å². The fourth-order valence-electron chi connectivity index (χ4n) is 1.62. The van der Waals surface area contributed by atoms with E-state index < -0.39 is 10.8 Å². The summed E-state index contributed by atoms with van der Waals surface area (Å²) in [5.74, 6) is -0.757. The highest BCUT2D eigenvalue weighted by atomic mass is 35.5. The number of phenols is 1. The van der Waals surface area contributed by atoms with Crippen LogP contribution in [0.2, 0.25) is 10.0 Å². The van der Waals surface area contributed by atoms with Crippen LogP contribution < -0.4 is 5.43 Å². The average molecular weight is 354 g/mol. The minimum atomic E-state index is -0.606. The molecule has 0 heterocycles. The molecule has 2 aromatic carbocycles. The van der Waals surface area contributed by atoms with E-state index in [9.17, 15) is 20.0 Å². The number of benzene rings is 2. The molecular formula is C14H9Cl2N3O4. The molecule has 2 aromatic rings. The number of phenolic OH excluding ortho intramolecular Hbond substituents is 1. The number of nitrogens with one attached hydrogen (secondary N) is 1. The molecule has 2 rings (SSSR count). The highest BCUT2D eigenvalue weighted by Gasteiger charge is 2.10. The van der Waals surface area contributed by atoms with E-state index in [-0.39, 0.29) is 27.6 Å². The van der Waals surface area contributed by atoms with Gasteiger partial charge in [-0.05, 0) is 24.3 Å². The van der Waals surface area contributed by atoms with Gasteiger partial charge >= 0.3 is 0 Å². The first-order valence-corrected chi connectivity index (χ1v) is 6.90. The van der Waals surface area contributed by atoms with E-state index in [4.69, 9.17) is 23.2 Å². The van der Waals surface area contributed by atoms with Gasteiger partial charge in [-0.2, -0.15) is 5.10 Å². The van der Waals surface area contributed by atoms with E-state index in [1.54, 1.807) is 0 Å². The highest BCUT2D eigenvalue weighted by Crippen LogP contribution is 2.23. The number of carbonyl (C=O) groups is 1. The Morgan fingerprint density at radius 1 is 1.22 bits per heavy atom. The molecule has 118 valence electrons. The Labute approximate surface area is 140 Å². The molecule has 0 aliphatic heterocycles. The molecule has 0 saturated carbocycles. The largest absolute Gasteiger partial charge is 0.507 e. The van der Waals surface area contributed by atoms with Crippen LogP contribution in [0.4, 0.5) is 5.69 Å². The van der Waals surface area contributed by atoms with Crippen molar-refractivity contribution in [3.63, 3.8) is 0 Å². The summed E-state index contributed by atoms with van der Waals surface area (Å²) in [5, 5.41) is 24.5. The molecule has 0 unspecified atom stereocenters. The van der Waals surface area contributed by atoms with E-state index in [0.717, 1.165) is 18.3 Å². The maximum atomic E-state index is 11.9. The summed E-state index contributed by atoms with van der Waals surface area (Å²) in [6.45, 7) is 0. The lowest BCUT2D eigenvalue weighted by Crippen LogP contribution is -2.17. The lowest BCUT2D eigenvalue weighted by molar-refractivity contribution is -0.384. The number of aromatic hydroxyl groups is 1. The van der Waals surface area contributed by atoms with Crippen molar-refractivity contribution in [3.8, 4) is 5.75 Å². The van der Waals surface area contributed by atoms with E-state index >= 15 is 0 Å². The Morgan fingerprint density at radius 3 is 2.61 bits per heavy atom. The van der Waals surface area contributed by atoms with Crippen molar-refractivity contribution in [3.05, 3.63) is 67.7 Å². The Kier molecular flexibility index (Phi) is 5.15. The van der Waals surface area contributed by atoms with Crippen molar-refractivity contribution >= 4 is 41.0 Å². The molecule has 0 radical (unpaired) electrons. The molecular weight excluding hydrogens is 345 g/mol. The fraction of sp³-hybridized carbons (Fsp3) is 0. The van der Waals surface area contributed by atoms with Gasteiger partial charge in [0.15, 0.2) is 0 Å². The lowest BCUT2D eigenvalue weighted by Gasteiger charge is -2.02.